The third kappa shape index (κ3) is 6.04. The first-order valence-corrected chi connectivity index (χ1v) is 10.9. The first-order valence-electron chi connectivity index (χ1n) is 10.1. The van der Waals surface area contributed by atoms with Gasteiger partial charge in [-0.3, -0.25) is 4.79 Å². The minimum Gasteiger partial charge on any atom is -0.486 e. The molecule has 0 aliphatic heterocycles. The van der Waals surface area contributed by atoms with E-state index < -0.39 is 11.9 Å². The van der Waals surface area contributed by atoms with Crippen molar-refractivity contribution in [1.82, 2.24) is 9.78 Å². The molecule has 0 saturated heterocycles. The van der Waals surface area contributed by atoms with Crippen LogP contribution in [0.1, 0.15) is 26.7 Å². The Labute approximate surface area is 203 Å². The highest BCUT2D eigenvalue weighted by atomic mass is 79.9. The zero-order valence-corrected chi connectivity index (χ0v) is 19.7. The quantitative estimate of drug-likeness (QED) is 0.310. The van der Waals surface area contributed by atoms with E-state index in [1.807, 2.05) is 24.3 Å². The van der Waals surface area contributed by atoms with Crippen molar-refractivity contribution in [3.05, 3.63) is 94.6 Å². The van der Waals surface area contributed by atoms with Gasteiger partial charge in [0.2, 0.25) is 0 Å². The topological polar surface area (TPSA) is 105 Å². The number of benzene rings is 2. The second-order valence-corrected chi connectivity index (χ2v) is 7.94. The van der Waals surface area contributed by atoms with E-state index in [9.17, 15) is 9.59 Å². The molecule has 4 aromatic rings. The number of hydrogen-bond acceptors (Lipinski definition) is 7. The van der Waals surface area contributed by atoms with Crippen molar-refractivity contribution in [3.63, 3.8) is 0 Å². The predicted molar refractivity (Wildman–Crippen MR) is 126 cm³/mol. The maximum Gasteiger partial charge on any atom is 0.337 e. The number of carbonyl (C=O) groups is 2. The second kappa shape index (κ2) is 10.7. The highest BCUT2D eigenvalue weighted by molar-refractivity contribution is 9.10. The van der Waals surface area contributed by atoms with Crippen LogP contribution in [0.2, 0.25) is 0 Å². The molecule has 4 rings (SSSR count). The van der Waals surface area contributed by atoms with E-state index in [4.69, 9.17) is 13.9 Å². The number of furan rings is 1. The fraction of sp³-hybridized carbons (Fsp3) is 0.125. The number of anilines is 1. The molecule has 0 aliphatic rings. The van der Waals surface area contributed by atoms with E-state index in [0.29, 0.717) is 28.5 Å². The van der Waals surface area contributed by atoms with E-state index in [1.165, 1.54) is 13.3 Å². The number of nitrogens with zero attached hydrogens (tertiary/aromatic N) is 2. The van der Waals surface area contributed by atoms with Crippen molar-refractivity contribution in [3.8, 4) is 11.5 Å². The molecule has 0 atom stereocenters. The molecule has 0 bridgehead atoms. The molecule has 0 aliphatic carbocycles. The molecule has 2 aromatic heterocycles. The first-order chi connectivity index (χ1) is 16.5. The van der Waals surface area contributed by atoms with E-state index >= 15 is 0 Å². The van der Waals surface area contributed by atoms with Crippen LogP contribution in [0.4, 0.5) is 5.69 Å². The van der Waals surface area contributed by atoms with Gasteiger partial charge in [-0.05, 0) is 60.7 Å². The summed E-state index contributed by atoms with van der Waals surface area (Å²) in [6, 6.07) is 17.2. The lowest BCUT2D eigenvalue weighted by Crippen LogP contribution is -2.10. The Morgan fingerprint density at radius 1 is 1.00 bits per heavy atom. The van der Waals surface area contributed by atoms with Gasteiger partial charge in [-0.25, -0.2) is 9.48 Å². The summed E-state index contributed by atoms with van der Waals surface area (Å²) in [4.78, 5) is 24.0. The Morgan fingerprint density at radius 2 is 1.71 bits per heavy atom. The molecular weight excluding hydrogens is 506 g/mol. The van der Waals surface area contributed by atoms with Gasteiger partial charge in [-0.15, -0.1) is 0 Å². The number of hydrogen-bond donors (Lipinski definition) is 1. The zero-order chi connectivity index (χ0) is 23.9. The molecule has 0 unspecified atom stereocenters. The van der Waals surface area contributed by atoms with Crippen LogP contribution in [0.15, 0.2) is 81.9 Å². The Bertz CT molecular complexity index is 1260. The van der Waals surface area contributed by atoms with Crippen LogP contribution in [0.3, 0.4) is 0 Å². The fourth-order valence-electron chi connectivity index (χ4n) is 2.90. The predicted octanol–water partition coefficient (Wildman–Crippen LogP) is 4.89. The van der Waals surface area contributed by atoms with Crippen LogP contribution in [-0.4, -0.2) is 28.8 Å². The van der Waals surface area contributed by atoms with Crippen LogP contribution in [0.5, 0.6) is 11.5 Å². The average Bonchev–Trinajstić information content (AvgIpc) is 3.52. The number of carbonyl (C=O) groups excluding carboxylic acids is 2. The van der Waals surface area contributed by atoms with Gasteiger partial charge in [0.15, 0.2) is 12.5 Å². The van der Waals surface area contributed by atoms with Crippen molar-refractivity contribution in [1.29, 1.82) is 0 Å². The van der Waals surface area contributed by atoms with Crippen molar-refractivity contribution in [2.24, 2.45) is 0 Å². The third-order valence-corrected chi connectivity index (χ3v) is 5.14. The summed E-state index contributed by atoms with van der Waals surface area (Å²) < 4.78 is 24.1. The number of esters is 1. The highest BCUT2D eigenvalue weighted by Crippen LogP contribution is 2.18. The van der Waals surface area contributed by atoms with Crippen LogP contribution < -0.4 is 14.8 Å². The number of halogens is 1. The minimum absolute atomic E-state index is 0.121. The van der Waals surface area contributed by atoms with Crippen molar-refractivity contribution < 1.29 is 28.2 Å². The zero-order valence-electron chi connectivity index (χ0n) is 18.1. The van der Waals surface area contributed by atoms with Crippen molar-refractivity contribution in [2.45, 2.75) is 13.3 Å². The Hall–Kier alpha value is -4.05. The number of nitrogens with one attached hydrogen (secondary N) is 1. The lowest BCUT2D eigenvalue weighted by atomic mass is 10.2. The molecule has 0 saturated carbocycles. The van der Waals surface area contributed by atoms with Crippen LogP contribution in [0, 0.1) is 0 Å². The molecule has 1 N–H and O–H groups in total. The minimum atomic E-state index is -0.420. The summed E-state index contributed by atoms with van der Waals surface area (Å²) in [5, 5.41) is 6.91. The number of ether oxygens (including phenoxy) is 3. The monoisotopic (exact) mass is 525 g/mol. The maximum absolute atomic E-state index is 12.5. The first kappa shape index (κ1) is 23.1. The van der Waals surface area contributed by atoms with Gasteiger partial charge in [0.25, 0.3) is 5.91 Å². The summed E-state index contributed by atoms with van der Waals surface area (Å²) >= 11 is 3.37. The van der Waals surface area contributed by atoms with Crippen molar-refractivity contribution in [2.75, 3.05) is 12.4 Å². The third-order valence-electron chi connectivity index (χ3n) is 4.61. The Balaban J connectivity index is 1.27. The highest BCUT2D eigenvalue weighted by Gasteiger charge is 2.13. The summed E-state index contributed by atoms with van der Waals surface area (Å²) in [5.74, 6) is 1.03. The number of amides is 1. The van der Waals surface area contributed by atoms with E-state index in [-0.39, 0.29) is 19.1 Å². The van der Waals surface area contributed by atoms with Crippen LogP contribution >= 0.6 is 15.9 Å². The molecule has 174 valence electrons. The molecule has 10 heteroatoms. The largest absolute Gasteiger partial charge is 0.486 e. The number of rotatable bonds is 9. The molecule has 0 radical (unpaired) electrons. The van der Waals surface area contributed by atoms with E-state index in [2.05, 4.69) is 31.1 Å². The molecular formula is C24H20BrN3O6. The number of methoxy groups -OCH3 is 1. The van der Waals surface area contributed by atoms with Crippen molar-refractivity contribution >= 4 is 33.5 Å². The molecule has 9 nitrogen and oxygen atoms in total. The van der Waals surface area contributed by atoms with E-state index in [0.717, 1.165) is 4.47 Å². The molecule has 2 aromatic carbocycles. The van der Waals surface area contributed by atoms with Gasteiger partial charge in [-0.1, -0.05) is 15.9 Å². The average molecular weight is 526 g/mol. The SMILES string of the molecule is COC(=O)c1ccc(OCc2ccc(C(=O)Nc3cnn(COc4ccc(Br)cc4)c3)o2)cc1. The Morgan fingerprint density at radius 3 is 2.44 bits per heavy atom. The van der Waals surface area contributed by atoms with Crippen LogP contribution in [0.25, 0.3) is 0 Å². The van der Waals surface area contributed by atoms with Gasteiger partial charge < -0.3 is 23.9 Å². The second-order valence-electron chi connectivity index (χ2n) is 7.02. The smallest absolute Gasteiger partial charge is 0.337 e. The summed E-state index contributed by atoms with van der Waals surface area (Å²) in [6.07, 6.45) is 3.18. The lowest BCUT2D eigenvalue weighted by molar-refractivity contribution is 0.0600. The molecule has 2 heterocycles. The fourth-order valence-corrected chi connectivity index (χ4v) is 3.16. The van der Waals surface area contributed by atoms with Gasteiger partial charge >= 0.3 is 5.97 Å². The summed E-state index contributed by atoms with van der Waals surface area (Å²) in [5.41, 5.74) is 0.930. The summed E-state index contributed by atoms with van der Waals surface area (Å²) in [7, 11) is 1.32. The number of aromatic nitrogens is 2. The molecule has 0 spiro atoms. The van der Waals surface area contributed by atoms with Gasteiger partial charge in [0, 0.05) is 4.47 Å². The van der Waals surface area contributed by atoms with Crippen LogP contribution in [-0.2, 0) is 18.1 Å². The Kier molecular flexibility index (Phi) is 7.28. The van der Waals surface area contributed by atoms with E-state index in [1.54, 1.807) is 47.3 Å². The lowest BCUT2D eigenvalue weighted by Gasteiger charge is -2.06. The standard InChI is InChI=1S/C24H20BrN3O6/c1-31-24(30)16-2-6-19(7-3-16)32-14-21-10-11-22(34-21)23(29)27-18-12-26-28(13-18)15-33-20-8-4-17(25)5-9-20/h2-13H,14-15H2,1H3,(H,27,29). The molecule has 0 fully saturated rings. The van der Waals surface area contributed by atoms with Gasteiger partial charge in [0.1, 0.15) is 23.9 Å². The van der Waals surface area contributed by atoms with Gasteiger partial charge in [0.05, 0.1) is 30.8 Å². The normalized spacial score (nSPS) is 10.5. The molecule has 1 amide bonds. The van der Waals surface area contributed by atoms with Gasteiger partial charge in [-0.2, -0.15) is 5.10 Å². The maximum atomic E-state index is 12.5. The molecule has 34 heavy (non-hydrogen) atoms. The summed E-state index contributed by atoms with van der Waals surface area (Å²) in [6.45, 7) is 0.316.